The molecule has 3 rings (SSSR count). The average Bonchev–Trinajstić information content (AvgIpc) is 3.28. The summed E-state index contributed by atoms with van der Waals surface area (Å²) in [5.41, 5.74) is 0.414. The number of nitrogens with one attached hydrogen (secondary N) is 1. The van der Waals surface area contributed by atoms with E-state index >= 15 is 0 Å². The molecule has 1 aromatic heterocycles. The maximum atomic E-state index is 13.0. The molecule has 2 heterocycles. The maximum absolute atomic E-state index is 13.0. The van der Waals surface area contributed by atoms with Crippen molar-refractivity contribution in [3.63, 3.8) is 0 Å². The summed E-state index contributed by atoms with van der Waals surface area (Å²) >= 11 is 1.59. The topological polar surface area (TPSA) is 99.5 Å². The smallest absolute Gasteiger partial charge is 0.254 e. The van der Waals surface area contributed by atoms with Crippen molar-refractivity contribution in [1.82, 2.24) is 9.62 Å². The van der Waals surface area contributed by atoms with Crippen molar-refractivity contribution in [3.8, 4) is 6.07 Å². The summed E-state index contributed by atoms with van der Waals surface area (Å²) in [5.74, 6) is -0.188. The normalized spacial score (nSPS) is 14.9. The van der Waals surface area contributed by atoms with Gasteiger partial charge in [0.25, 0.3) is 5.91 Å². The van der Waals surface area contributed by atoms with Crippen LogP contribution in [0.25, 0.3) is 0 Å². The number of sulfonamides is 1. The van der Waals surface area contributed by atoms with Gasteiger partial charge >= 0.3 is 0 Å². The second kappa shape index (κ2) is 10.7. The highest BCUT2D eigenvalue weighted by Crippen LogP contribution is 2.19. The van der Waals surface area contributed by atoms with Gasteiger partial charge in [-0.05, 0) is 55.0 Å². The van der Waals surface area contributed by atoms with Gasteiger partial charge in [0.1, 0.15) is 0 Å². The third kappa shape index (κ3) is 5.89. The van der Waals surface area contributed by atoms with Gasteiger partial charge in [0.2, 0.25) is 10.0 Å². The van der Waals surface area contributed by atoms with Crippen LogP contribution >= 0.6 is 11.3 Å². The zero-order valence-corrected chi connectivity index (χ0v) is 18.3. The Morgan fingerprint density at radius 3 is 2.60 bits per heavy atom. The molecular formula is C21H25N3O4S2. The van der Waals surface area contributed by atoms with Crippen LogP contribution in [0.1, 0.15) is 34.5 Å². The highest BCUT2D eigenvalue weighted by atomic mass is 32.2. The third-order valence-electron chi connectivity index (χ3n) is 5.01. The zero-order valence-electron chi connectivity index (χ0n) is 16.6. The van der Waals surface area contributed by atoms with Crippen molar-refractivity contribution in [2.75, 3.05) is 26.3 Å². The van der Waals surface area contributed by atoms with Crippen LogP contribution in [-0.4, -0.2) is 51.6 Å². The fourth-order valence-electron chi connectivity index (χ4n) is 3.41. The Kier molecular flexibility index (Phi) is 7.99. The number of hydrogen-bond acceptors (Lipinski definition) is 6. The number of carbonyl (C=O) groups excluding carboxylic acids is 1. The van der Waals surface area contributed by atoms with Gasteiger partial charge in [0, 0.05) is 42.8 Å². The summed E-state index contributed by atoms with van der Waals surface area (Å²) in [7, 11) is -3.64. The van der Waals surface area contributed by atoms with Gasteiger partial charge in [-0.15, -0.1) is 11.3 Å². The molecule has 0 atom stereocenters. The molecule has 1 aliphatic rings. The Morgan fingerprint density at radius 1 is 1.23 bits per heavy atom. The van der Waals surface area contributed by atoms with Crippen molar-refractivity contribution in [1.29, 1.82) is 5.26 Å². The molecule has 1 aliphatic heterocycles. The minimum Gasteiger partial charge on any atom is -0.381 e. The number of nitrogens with zero attached hydrogens (tertiary/aromatic N) is 2. The number of nitriles is 1. The van der Waals surface area contributed by atoms with E-state index in [9.17, 15) is 13.2 Å². The minimum absolute atomic E-state index is 0.0296. The molecule has 1 aromatic carbocycles. The number of carbonyl (C=O) groups is 1. The van der Waals surface area contributed by atoms with E-state index in [0.29, 0.717) is 38.3 Å². The van der Waals surface area contributed by atoms with Gasteiger partial charge in [0.05, 0.1) is 17.4 Å². The molecule has 7 nitrogen and oxygen atoms in total. The van der Waals surface area contributed by atoms with Gasteiger partial charge in [-0.25, -0.2) is 13.1 Å². The van der Waals surface area contributed by atoms with E-state index in [1.165, 1.54) is 24.3 Å². The van der Waals surface area contributed by atoms with Crippen LogP contribution in [0.3, 0.4) is 0 Å². The zero-order chi connectivity index (χ0) is 21.4. The summed E-state index contributed by atoms with van der Waals surface area (Å²) in [6, 6.07) is 12.0. The predicted octanol–water partition coefficient (Wildman–Crippen LogP) is 2.80. The van der Waals surface area contributed by atoms with E-state index in [1.54, 1.807) is 16.2 Å². The molecule has 0 saturated carbocycles. The SMILES string of the molecule is N#CCCN(C(=O)c1ccc(S(=O)(=O)NCCc2cccs2)cc1)C1CCOCC1. The molecule has 0 spiro atoms. The van der Waals surface area contributed by atoms with Crippen LogP contribution in [0.2, 0.25) is 0 Å². The first-order valence-corrected chi connectivity index (χ1v) is 12.3. The van der Waals surface area contributed by atoms with Crippen molar-refractivity contribution in [2.24, 2.45) is 0 Å². The molecule has 1 saturated heterocycles. The quantitative estimate of drug-likeness (QED) is 0.637. The Hall–Kier alpha value is -2.25. The standard InChI is InChI=1S/C21H25N3O4S2/c22-11-2-13-24(18-9-14-28-15-10-18)21(25)17-4-6-20(7-5-17)30(26,27)23-12-8-19-3-1-16-29-19/h1,3-7,16,18,23H,2,8-10,12-15H2. The molecule has 2 aromatic rings. The van der Waals surface area contributed by atoms with Crippen molar-refractivity contribution >= 4 is 27.3 Å². The van der Waals surface area contributed by atoms with Gasteiger partial charge in [0.15, 0.2) is 0 Å². The average molecular weight is 448 g/mol. The molecule has 30 heavy (non-hydrogen) atoms. The fraction of sp³-hybridized carbons (Fsp3) is 0.429. The summed E-state index contributed by atoms with van der Waals surface area (Å²) in [6.45, 7) is 1.85. The number of amides is 1. The molecule has 0 aliphatic carbocycles. The maximum Gasteiger partial charge on any atom is 0.254 e. The van der Waals surface area contributed by atoms with E-state index in [4.69, 9.17) is 10.00 Å². The van der Waals surface area contributed by atoms with Crippen LogP contribution in [0, 0.1) is 11.3 Å². The molecule has 0 unspecified atom stereocenters. The Labute approximate surface area is 181 Å². The molecule has 1 fully saturated rings. The van der Waals surface area contributed by atoms with Gasteiger partial charge in [-0.2, -0.15) is 5.26 Å². The lowest BCUT2D eigenvalue weighted by atomic mass is 10.0. The molecular weight excluding hydrogens is 422 g/mol. The summed E-state index contributed by atoms with van der Waals surface area (Å²) in [4.78, 5) is 16.0. The Balaban J connectivity index is 1.66. The monoisotopic (exact) mass is 447 g/mol. The number of rotatable bonds is 9. The molecule has 0 bridgehead atoms. The van der Waals surface area contributed by atoms with Crippen LogP contribution in [-0.2, 0) is 21.2 Å². The molecule has 1 amide bonds. The second-order valence-electron chi connectivity index (χ2n) is 7.00. The number of benzene rings is 1. The summed E-state index contributed by atoms with van der Waals surface area (Å²) < 4.78 is 33.0. The van der Waals surface area contributed by atoms with E-state index in [-0.39, 0.29) is 23.3 Å². The number of thiophene rings is 1. The second-order valence-corrected chi connectivity index (χ2v) is 9.80. The highest BCUT2D eigenvalue weighted by Gasteiger charge is 2.26. The van der Waals surface area contributed by atoms with Gasteiger partial charge in [-0.3, -0.25) is 4.79 Å². The first-order valence-electron chi connectivity index (χ1n) is 9.89. The first-order chi connectivity index (χ1) is 14.5. The van der Waals surface area contributed by atoms with Crippen LogP contribution in [0.4, 0.5) is 0 Å². The van der Waals surface area contributed by atoms with Crippen LogP contribution < -0.4 is 4.72 Å². The Morgan fingerprint density at radius 2 is 1.97 bits per heavy atom. The number of hydrogen-bond donors (Lipinski definition) is 1. The lowest BCUT2D eigenvalue weighted by molar-refractivity contribution is 0.0296. The summed E-state index contributed by atoms with van der Waals surface area (Å²) in [6.07, 6.45) is 2.35. The van der Waals surface area contributed by atoms with E-state index in [2.05, 4.69) is 10.8 Å². The molecule has 1 N–H and O–H groups in total. The molecule has 9 heteroatoms. The van der Waals surface area contributed by atoms with Crippen molar-refractivity contribution in [2.45, 2.75) is 36.6 Å². The van der Waals surface area contributed by atoms with Gasteiger partial charge < -0.3 is 9.64 Å². The largest absolute Gasteiger partial charge is 0.381 e. The minimum atomic E-state index is -3.64. The van der Waals surface area contributed by atoms with Crippen LogP contribution in [0.15, 0.2) is 46.7 Å². The van der Waals surface area contributed by atoms with Gasteiger partial charge in [-0.1, -0.05) is 6.07 Å². The van der Waals surface area contributed by atoms with Crippen molar-refractivity contribution < 1.29 is 17.9 Å². The highest BCUT2D eigenvalue weighted by molar-refractivity contribution is 7.89. The molecule has 160 valence electrons. The van der Waals surface area contributed by atoms with E-state index in [0.717, 1.165) is 17.7 Å². The lowest BCUT2D eigenvalue weighted by Crippen LogP contribution is -2.44. The third-order valence-corrected chi connectivity index (χ3v) is 7.43. The molecule has 0 radical (unpaired) electrons. The van der Waals surface area contributed by atoms with Crippen LogP contribution in [0.5, 0.6) is 0 Å². The Bertz CT molecular complexity index is 961. The van der Waals surface area contributed by atoms with E-state index in [1.807, 2.05) is 17.5 Å². The predicted molar refractivity (Wildman–Crippen MR) is 115 cm³/mol. The fourth-order valence-corrected chi connectivity index (χ4v) is 5.15. The first kappa shape index (κ1) is 22.4. The van der Waals surface area contributed by atoms with E-state index < -0.39 is 10.0 Å². The summed E-state index contributed by atoms with van der Waals surface area (Å²) in [5, 5.41) is 10.9. The van der Waals surface area contributed by atoms with Crippen molar-refractivity contribution in [3.05, 3.63) is 52.2 Å². The lowest BCUT2D eigenvalue weighted by Gasteiger charge is -2.34. The number of ether oxygens (including phenoxy) is 1.